The van der Waals surface area contributed by atoms with Crippen LogP contribution >= 0.6 is 0 Å². The Hall–Kier alpha value is -0.570. The fraction of sp³-hybridized carbons (Fsp3) is 0.957. The Kier molecular flexibility index (Phi) is 6.06. The van der Waals surface area contributed by atoms with E-state index < -0.39 is 0 Å². The van der Waals surface area contributed by atoms with Crippen molar-refractivity contribution in [1.29, 1.82) is 0 Å². The zero-order chi connectivity index (χ0) is 18.9. The van der Waals surface area contributed by atoms with E-state index in [9.17, 15) is 4.79 Å². The van der Waals surface area contributed by atoms with Gasteiger partial charge in [-0.05, 0) is 96.3 Å². The third-order valence-corrected chi connectivity index (χ3v) is 7.75. The van der Waals surface area contributed by atoms with Crippen molar-refractivity contribution in [2.75, 3.05) is 6.54 Å². The van der Waals surface area contributed by atoms with E-state index in [0.29, 0.717) is 5.92 Å². The highest BCUT2D eigenvalue weighted by atomic mass is 16.2. The van der Waals surface area contributed by atoms with E-state index in [2.05, 4.69) is 45.3 Å². The lowest BCUT2D eigenvalue weighted by atomic mass is 9.69. The Bertz CT molecular complexity index is 482. The monoisotopic (exact) mass is 362 g/mol. The first-order chi connectivity index (χ1) is 12.2. The molecular weight excluding hydrogens is 320 g/mol. The lowest BCUT2D eigenvalue weighted by Gasteiger charge is -2.37. The number of nitrogens with one attached hydrogen (secondary N) is 2. The number of carbonyl (C=O) groups excluding carboxylic acids is 1. The SMILES string of the molecule is CC1CCC(C2CCC(CNC(=O)C3CC(C)(C)NC3(C)C)CC2)CC1. The van der Waals surface area contributed by atoms with Crippen molar-refractivity contribution >= 4 is 5.91 Å². The average molecular weight is 363 g/mol. The van der Waals surface area contributed by atoms with Crippen molar-refractivity contribution in [1.82, 2.24) is 10.6 Å². The van der Waals surface area contributed by atoms with Crippen LogP contribution in [0.15, 0.2) is 0 Å². The molecule has 3 fully saturated rings. The van der Waals surface area contributed by atoms with E-state index in [0.717, 1.165) is 30.7 Å². The fourth-order valence-electron chi connectivity index (χ4n) is 6.19. The zero-order valence-electron chi connectivity index (χ0n) is 17.9. The van der Waals surface area contributed by atoms with Gasteiger partial charge >= 0.3 is 0 Å². The van der Waals surface area contributed by atoms with Gasteiger partial charge in [-0.3, -0.25) is 4.79 Å². The van der Waals surface area contributed by atoms with Crippen LogP contribution in [0.5, 0.6) is 0 Å². The van der Waals surface area contributed by atoms with Crippen LogP contribution in [0.4, 0.5) is 0 Å². The van der Waals surface area contributed by atoms with Gasteiger partial charge in [-0.1, -0.05) is 19.8 Å². The summed E-state index contributed by atoms with van der Waals surface area (Å²) in [4.78, 5) is 12.8. The normalized spacial score (nSPS) is 39.5. The van der Waals surface area contributed by atoms with Crippen molar-refractivity contribution in [2.24, 2.45) is 29.6 Å². The Labute approximate surface area is 161 Å². The van der Waals surface area contributed by atoms with E-state index in [-0.39, 0.29) is 22.9 Å². The molecule has 2 aliphatic carbocycles. The highest BCUT2D eigenvalue weighted by Gasteiger charge is 2.47. The summed E-state index contributed by atoms with van der Waals surface area (Å²) in [5.41, 5.74) is -0.0512. The molecule has 1 unspecified atom stereocenters. The van der Waals surface area contributed by atoms with E-state index in [4.69, 9.17) is 0 Å². The summed E-state index contributed by atoms with van der Waals surface area (Å²) in [5.74, 6) is 3.96. The minimum absolute atomic E-state index is 0.0566. The molecule has 26 heavy (non-hydrogen) atoms. The summed E-state index contributed by atoms with van der Waals surface area (Å²) in [6, 6.07) is 0. The first-order valence-corrected chi connectivity index (χ1v) is 11.2. The second-order valence-electron chi connectivity index (χ2n) is 11.0. The van der Waals surface area contributed by atoms with Gasteiger partial charge in [0, 0.05) is 17.6 Å². The smallest absolute Gasteiger partial charge is 0.225 e. The third kappa shape index (κ3) is 4.82. The molecule has 1 saturated heterocycles. The van der Waals surface area contributed by atoms with Crippen molar-refractivity contribution in [2.45, 2.75) is 103 Å². The first kappa shape index (κ1) is 20.2. The molecule has 0 aromatic heterocycles. The van der Waals surface area contributed by atoms with Crippen LogP contribution in [-0.2, 0) is 4.79 Å². The van der Waals surface area contributed by atoms with Crippen LogP contribution in [-0.4, -0.2) is 23.5 Å². The lowest BCUT2D eigenvalue weighted by molar-refractivity contribution is -0.126. The van der Waals surface area contributed by atoms with Gasteiger partial charge < -0.3 is 10.6 Å². The molecule has 1 atom stereocenters. The summed E-state index contributed by atoms with van der Waals surface area (Å²) < 4.78 is 0. The minimum Gasteiger partial charge on any atom is -0.356 e. The molecule has 3 heteroatoms. The maximum Gasteiger partial charge on any atom is 0.225 e. The largest absolute Gasteiger partial charge is 0.356 e. The topological polar surface area (TPSA) is 41.1 Å². The third-order valence-electron chi connectivity index (χ3n) is 7.75. The maximum atomic E-state index is 12.8. The second kappa shape index (κ2) is 7.81. The van der Waals surface area contributed by atoms with Gasteiger partial charge in [-0.25, -0.2) is 0 Å². The summed E-state index contributed by atoms with van der Waals surface area (Å²) in [6.07, 6.45) is 12.2. The molecule has 0 bridgehead atoms. The van der Waals surface area contributed by atoms with Gasteiger partial charge in [0.05, 0.1) is 5.92 Å². The van der Waals surface area contributed by atoms with Gasteiger partial charge in [0.1, 0.15) is 0 Å². The zero-order valence-corrected chi connectivity index (χ0v) is 17.9. The molecule has 0 aromatic carbocycles. The van der Waals surface area contributed by atoms with Gasteiger partial charge in [0.2, 0.25) is 5.91 Å². The Morgan fingerprint density at radius 2 is 1.46 bits per heavy atom. The molecular formula is C23H42N2O. The molecule has 1 aliphatic heterocycles. The highest BCUT2D eigenvalue weighted by molar-refractivity contribution is 5.80. The summed E-state index contributed by atoms with van der Waals surface area (Å²) >= 11 is 0. The van der Waals surface area contributed by atoms with Gasteiger partial charge in [0.15, 0.2) is 0 Å². The molecule has 1 amide bonds. The van der Waals surface area contributed by atoms with Gasteiger partial charge in [-0.15, -0.1) is 0 Å². The molecule has 0 radical (unpaired) electrons. The maximum absolute atomic E-state index is 12.8. The second-order valence-corrected chi connectivity index (χ2v) is 11.0. The van der Waals surface area contributed by atoms with Crippen molar-refractivity contribution < 1.29 is 4.79 Å². The van der Waals surface area contributed by atoms with Crippen LogP contribution in [0.25, 0.3) is 0 Å². The average Bonchev–Trinajstić information content (AvgIpc) is 2.81. The molecule has 3 nitrogen and oxygen atoms in total. The fourth-order valence-corrected chi connectivity index (χ4v) is 6.19. The van der Waals surface area contributed by atoms with E-state index in [1.165, 1.54) is 51.4 Å². The van der Waals surface area contributed by atoms with Crippen LogP contribution in [0.1, 0.15) is 92.4 Å². The van der Waals surface area contributed by atoms with E-state index >= 15 is 0 Å². The Balaban J connectivity index is 1.40. The predicted octanol–water partition coefficient (Wildman–Crippen LogP) is 4.90. The molecule has 3 rings (SSSR count). The van der Waals surface area contributed by atoms with Crippen LogP contribution in [0.2, 0.25) is 0 Å². The number of hydrogen-bond acceptors (Lipinski definition) is 2. The van der Waals surface area contributed by atoms with Crippen molar-refractivity contribution in [3.05, 3.63) is 0 Å². The standard InChI is InChI=1S/C23H42N2O/c1-16-6-10-18(11-7-16)19-12-8-17(9-13-19)15-24-21(26)20-14-22(2,3)25-23(20,4)5/h16-20,25H,6-15H2,1-5H3,(H,24,26). The lowest BCUT2D eigenvalue weighted by Crippen LogP contribution is -2.48. The molecule has 2 N–H and O–H groups in total. The van der Waals surface area contributed by atoms with Gasteiger partial charge in [-0.2, -0.15) is 0 Å². The van der Waals surface area contributed by atoms with E-state index in [1.54, 1.807) is 0 Å². The number of amides is 1. The molecule has 0 aromatic rings. The number of rotatable bonds is 4. The number of carbonyl (C=O) groups is 1. The quantitative estimate of drug-likeness (QED) is 0.746. The van der Waals surface area contributed by atoms with Crippen LogP contribution in [0, 0.1) is 29.6 Å². The predicted molar refractivity (Wildman–Crippen MR) is 109 cm³/mol. The molecule has 1 heterocycles. The van der Waals surface area contributed by atoms with Crippen molar-refractivity contribution in [3.8, 4) is 0 Å². The molecule has 150 valence electrons. The summed E-state index contributed by atoms with van der Waals surface area (Å²) in [6.45, 7) is 12.0. The molecule has 2 saturated carbocycles. The molecule has 3 aliphatic rings. The summed E-state index contributed by atoms with van der Waals surface area (Å²) in [5, 5.41) is 6.93. The first-order valence-electron chi connectivity index (χ1n) is 11.2. The highest BCUT2D eigenvalue weighted by Crippen LogP contribution is 2.41. The Morgan fingerprint density at radius 3 is 1.96 bits per heavy atom. The van der Waals surface area contributed by atoms with E-state index in [1.807, 2.05) is 0 Å². The van der Waals surface area contributed by atoms with Crippen LogP contribution in [0.3, 0.4) is 0 Å². The summed E-state index contributed by atoms with van der Waals surface area (Å²) in [7, 11) is 0. The van der Waals surface area contributed by atoms with Gasteiger partial charge in [0.25, 0.3) is 0 Å². The van der Waals surface area contributed by atoms with Crippen molar-refractivity contribution in [3.63, 3.8) is 0 Å². The molecule has 0 spiro atoms. The minimum atomic E-state index is -0.108. The van der Waals surface area contributed by atoms with Crippen LogP contribution < -0.4 is 10.6 Å². The number of hydrogen-bond donors (Lipinski definition) is 2. The Morgan fingerprint density at radius 1 is 0.923 bits per heavy atom.